The minimum atomic E-state index is 0.198. The van der Waals surface area contributed by atoms with Crippen LogP contribution in [-0.2, 0) is 6.61 Å². The molecule has 0 unspecified atom stereocenters. The zero-order valence-corrected chi connectivity index (χ0v) is 13.0. The van der Waals surface area contributed by atoms with Crippen LogP contribution in [-0.4, -0.2) is 30.6 Å². The van der Waals surface area contributed by atoms with Crippen LogP contribution in [0.25, 0.3) is 5.57 Å². The van der Waals surface area contributed by atoms with Crippen LogP contribution in [0.2, 0.25) is 0 Å². The molecule has 3 heteroatoms. The second kappa shape index (κ2) is 6.24. The largest absolute Gasteiger partial charge is 0.504 e. The molecular weight excluding hydrogens is 274 g/mol. The predicted molar refractivity (Wildman–Crippen MR) is 89.1 cm³/mol. The Morgan fingerprint density at radius 3 is 2.68 bits per heavy atom. The van der Waals surface area contributed by atoms with Crippen molar-refractivity contribution in [2.75, 3.05) is 20.6 Å². The maximum atomic E-state index is 10.1. The molecule has 3 rings (SSSR count). The van der Waals surface area contributed by atoms with Crippen molar-refractivity contribution < 1.29 is 9.84 Å². The van der Waals surface area contributed by atoms with Gasteiger partial charge in [0.1, 0.15) is 6.61 Å². The molecule has 1 N–H and O–H groups in total. The SMILES string of the molecule is CN(C)CC/C=C1\c2ccccc2COc2c(O)cccc21. The number of phenolic OH excluding ortho intramolecular Hbond substituents is 1. The lowest BCUT2D eigenvalue weighted by Crippen LogP contribution is -2.12. The Bertz CT molecular complexity index is 704. The molecule has 0 fully saturated rings. The zero-order valence-electron chi connectivity index (χ0n) is 13.0. The summed E-state index contributed by atoms with van der Waals surface area (Å²) < 4.78 is 5.86. The van der Waals surface area contributed by atoms with Gasteiger partial charge in [0.15, 0.2) is 11.5 Å². The molecule has 0 aromatic heterocycles. The van der Waals surface area contributed by atoms with Gasteiger partial charge in [-0.05, 0) is 43.3 Å². The van der Waals surface area contributed by atoms with E-state index < -0.39 is 0 Å². The average molecular weight is 295 g/mol. The van der Waals surface area contributed by atoms with Gasteiger partial charge in [0, 0.05) is 12.1 Å². The molecule has 22 heavy (non-hydrogen) atoms. The molecule has 2 aromatic carbocycles. The molecule has 0 radical (unpaired) electrons. The molecule has 1 aliphatic rings. The van der Waals surface area contributed by atoms with Gasteiger partial charge in [0.05, 0.1) is 0 Å². The van der Waals surface area contributed by atoms with Crippen molar-refractivity contribution in [2.45, 2.75) is 13.0 Å². The van der Waals surface area contributed by atoms with Crippen molar-refractivity contribution in [1.29, 1.82) is 0 Å². The maximum Gasteiger partial charge on any atom is 0.169 e. The first-order valence-corrected chi connectivity index (χ1v) is 7.55. The number of ether oxygens (including phenoxy) is 1. The molecule has 0 aliphatic carbocycles. The summed E-state index contributed by atoms with van der Waals surface area (Å²) in [5.41, 5.74) is 4.43. The van der Waals surface area contributed by atoms with E-state index in [0.29, 0.717) is 12.4 Å². The van der Waals surface area contributed by atoms with Gasteiger partial charge < -0.3 is 14.7 Å². The zero-order chi connectivity index (χ0) is 15.5. The van der Waals surface area contributed by atoms with Gasteiger partial charge in [-0.25, -0.2) is 0 Å². The molecule has 1 aliphatic heterocycles. The number of hydrogen-bond acceptors (Lipinski definition) is 3. The lowest BCUT2D eigenvalue weighted by molar-refractivity contribution is 0.290. The first kappa shape index (κ1) is 14.7. The maximum absolute atomic E-state index is 10.1. The summed E-state index contributed by atoms with van der Waals surface area (Å²) in [6.45, 7) is 1.46. The normalized spacial score (nSPS) is 15.1. The number of rotatable bonds is 3. The highest BCUT2D eigenvalue weighted by atomic mass is 16.5. The van der Waals surface area contributed by atoms with E-state index in [2.05, 4.69) is 37.2 Å². The van der Waals surface area contributed by atoms with E-state index in [0.717, 1.165) is 29.7 Å². The van der Waals surface area contributed by atoms with Crippen molar-refractivity contribution in [1.82, 2.24) is 4.90 Å². The van der Waals surface area contributed by atoms with Crippen LogP contribution in [0.3, 0.4) is 0 Å². The van der Waals surface area contributed by atoms with Crippen molar-refractivity contribution in [3.63, 3.8) is 0 Å². The van der Waals surface area contributed by atoms with Crippen molar-refractivity contribution in [3.8, 4) is 11.5 Å². The van der Waals surface area contributed by atoms with E-state index in [-0.39, 0.29) is 5.75 Å². The van der Waals surface area contributed by atoms with E-state index in [1.54, 1.807) is 6.07 Å². The van der Waals surface area contributed by atoms with Gasteiger partial charge in [0.25, 0.3) is 0 Å². The number of phenols is 1. The van der Waals surface area contributed by atoms with Gasteiger partial charge in [-0.3, -0.25) is 0 Å². The lowest BCUT2D eigenvalue weighted by Gasteiger charge is -2.12. The minimum absolute atomic E-state index is 0.198. The minimum Gasteiger partial charge on any atom is -0.504 e. The standard InChI is InChI=1S/C19H21NO2/c1-20(2)12-6-10-16-15-8-4-3-7-14(15)13-22-19-17(16)9-5-11-18(19)21/h3-5,7-11,21H,6,12-13H2,1-2H3/b16-10+. The van der Waals surface area contributed by atoms with Gasteiger partial charge in [-0.15, -0.1) is 0 Å². The van der Waals surface area contributed by atoms with Crippen LogP contribution in [0.15, 0.2) is 48.5 Å². The Labute approximate surface area is 131 Å². The Hall–Kier alpha value is -2.26. The number of aromatic hydroxyl groups is 1. The number of hydrogen-bond donors (Lipinski definition) is 1. The second-order valence-electron chi connectivity index (χ2n) is 5.81. The Morgan fingerprint density at radius 1 is 1.09 bits per heavy atom. The molecule has 0 saturated heterocycles. The van der Waals surface area contributed by atoms with Gasteiger partial charge in [0.2, 0.25) is 0 Å². The quantitative estimate of drug-likeness (QED) is 0.938. The number of benzene rings is 2. The molecule has 114 valence electrons. The lowest BCUT2D eigenvalue weighted by atomic mass is 9.93. The fraction of sp³-hybridized carbons (Fsp3) is 0.263. The molecular formula is C19H21NO2. The number of fused-ring (bicyclic) bond motifs is 2. The van der Waals surface area contributed by atoms with E-state index in [1.807, 2.05) is 24.3 Å². The molecule has 0 saturated carbocycles. The molecule has 0 spiro atoms. The third-order valence-corrected chi connectivity index (χ3v) is 3.89. The summed E-state index contributed by atoms with van der Waals surface area (Å²) in [5.74, 6) is 0.776. The third-order valence-electron chi connectivity index (χ3n) is 3.89. The van der Waals surface area contributed by atoms with Gasteiger partial charge in [-0.2, -0.15) is 0 Å². The fourth-order valence-corrected chi connectivity index (χ4v) is 2.78. The number of para-hydroxylation sites is 1. The summed E-state index contributed by atoms with van der Waals surface area (Å²) >= 11 is 0. The highest BCUT2D eigenvalue weighted by Gasteiger charge is 2.20. The highest BCUT2D eigenvalue weighted by molar-refractivity contribution is 5.86. The van der Waals surface area contributed by atoms with Crippen LogP contribution >= 0.6 is 0 Å². The first-order chi connectivity index (χ1) is 10.7. The van der Waals surface area contributed by atoms with Crippen LogP contribution in [0, 0.1) is 0 Å². The summed E-state index contributed by atoms with van der Waals surface area (Å²) in [6, 6.07) is 13.8. The van der Waals surface area contributed by atoms with E-state index in [4.69, 9.17) is 4.74 Å². The van der Waals surface area contributed by atoms with Gasteiger partial charge in [-0.1, -0.05) is 42.5 Å². The van der Waals surface area contributed by atoms with Crippen LogP contribution in [0.1, 0.15) is 23.1 Å². The topological polar surface area (TPSA) is 32.7 Å². The summed E-state index contributed by atoms with van der Waals surface area (Å²) in [6.07, 6.45) is 3.19. The monoisotopic (exact) mass is 295 g/mol. The summed E-state index contributed by atoms with van der Waals surface area (Å²) in [7, 11) is 4.14. The van der Waals surface area contributed by atoms with Crippen LogP contribution in [0.5, 0.6) is 11.5 Å². The second-order valence-corrected chi connectivity index (χ2v) is 5.81. The third kappa shape index (κ3) is 2.85. The summed E-state index contributed by atoms with van der Waals surface area (Å²) in [5, 5.41) is 10.1. The smallest absolute Gasteiger partial charge is 0.169 e. The first-order valence-electron chi connectivity index (χ1n) is 7.55. The van der Waals surface area contributed by atoms with Gasteiger partial charge >= 0.3 is 0 Å². The predicted octanol–water partition coefficient (Wildman–Crippen LogP) is 3.67. The molecule has 2 aromatic rings. The Morgan fingerprint density at radius 2 is 1.86 bits per heavy atom. The van der Waals surface area contributed by atoms with Crippen molar-refractivity contribution in [2.24, 2.45) is 0 Å². The molecule has 1 heterocycles. The van der Waals surface area contributed by atoms with E-state index in [1.165, 1.54) is 5.56 Å². The molecule has 0 bridgehead atoms. The molecule has 0 amide bonds. The van der Waals surface area contributed by atoms with Crippen LogP contribution in [0.4, 0.5) is 0 Å². The van der Waals surface area contributed by atoms with E-state index in [9.17, 15) is 5.11 Å². The van der Waals surface area contributed by atoms with Crippen molar-refractivity contribution >= 4 is 5.57 Å². The van der Waals surface area contributed by atoms with Crippen LogP contribution < -0.4 is 4.74 Å². The summed E-state index contributed by atoms with van der Waals surface area (Å²) in [4.78, 5) is 2.17. The number of nitrogens with zero attached hydrogens (tertiary/aromatic N) is 1. The molecule has 0 atom stereocenters. The fourth-order valence-electron chi connectivity index (χ4n) is 2.78. The highest BCUT2D eigenvalue weighted by Crippen LogP contribution is 2.41. The van der Waals surface area contributed by atoms with E-state index >= 15 is 0 Å². The van der Waals surface area contributed by atoms with Crippen molar-refractivity contribution in [3.05, 3.63) is 65.2 Å². The molecule has 3 nitrogen and oxygen atoms in total. The Balaban J connectivity index is 2.11. The Kier molecular flexibility index (Phi) is 4.16. The average Bonchev–Trinajstić information content (AvgIpc) is 2.66.